The Morgan fingerprint density at radius 1 is 1.19 bits per heavy atom. The number of benzene rings is 2. The normalized spacial score (nSPS) is 12.2. The SMILES string of the molecule is CCNC(c1ccc(OC)cc1C)c1cc(Br)ccc1F. The second kappa shape index (κ2) is 7.05. The van der Waals surface area contributed by atoms with E-state index in [2.05, 4.69) is 21.2 Å². The molecule has 2 nitrogen and oxygen atoms in total. The third kappa shape index (κ3) is 3.63. The van der Waals surface area contributed by atoms with Crippen molar-refractivity contribution in [2.24, 2.45) is 0 Å². The van der Waals surface area contributed by atoms with Gasteiger partial charge in [-0.05, 0) is 54.9 Å². The fourth-order valence-electron chi connectivity index (χ4n) is 2.43. The molecule has 2 rings (SSSR count). The third-order valence-corrected chi connectivity index (χ3v) is 3.96. The van der Waals surface area contributed by atoms with Gasteiger partial charge in [0.1, 0.15) is 11.6 Å². The van der Waals surface area contributed by atoms with E-state index < -0.39 is 0 Å². The Morgan fingerprint density at radius 2 is 1.95 bits per heavy atom. The smallest absolute Gasteiger partial charge is 0.128 e. The maximum absolute atomic E-state index is 14.2. The number of halogens is 2. The molecular formula is C17H19BrFNO. The molecule has 1 atom stereocenters. The maximum atomic E-state index is 14.2. The van der Waals surface area contributed by atoms with Crippen molar-refractivity contribution < 1.29 is 9.13 Å². The monoisotopic (exact) mass is 351 g/mol. The quantitative estimate of drug-likeness (QED) is 0.849. The zero-order valence-electron chi connectivity index (χ0n) is 12.4. The van der Waals surface area contributed by atoms with Gasteiger partial charge in [-0.3, -0.25) is 0 Å². The van der Waals surface area contributed by atoms with Crippen LogP contribution in [0.2, 0.25) is 0 Å². The molecule has 0 aliphatic carbocycles. The maximum Gasteiger partial charge on any atom is 0.128 e. The lowest BCUT2D eigenvalue weighted by molar-refractivity contribution is 0.414. The second-order valence-electron chi connectivity index (χ2n) is 4.88. The molecule has 0 spiro atoms. The molecule has 0 radical (unpaired) electrons. The Bertz CT molecular complexity index is 630. The van der Waals surface area contributed by atoms with Crippen LogP contribution < -0.4 is 10.1 Å². The topological polar surface area (TPSA) is 21.3 Å². The van der Waals surface area contributed by atoms with Crippen molar-refractivity contribution in [2.75, 3.05) is 13.7 Å². The number of ether oxygens (including phenoxy) is 1. The molecule has 0 saturated carbocycles. The molecule has 2 aromatic carbocycles. The molecule has 2 aromatic rings. The molecule has 0 aliphatic rings. The van der Waals surface area contributed by atoms with Crippen LogP contribution in [-0.2, 0) is 0 Å². The number of methoxy groups -OCH3 is 1. The van der Waals surface area contributed by atoms with Crippen LogP contribution >= 0.6 is 15.9 Å². The van der Waals surface area contributed by atoms with Crippen molar-refractivity contribution >= 4 is 15.9 Å². The molecule has 0 bridgehead atoms. The van der Waals surface area contributed by atoms with E-state index in [-0.39, 0.29) is 11.9 Å². The number of nitrogens with one attached hydrogen (secondary N) is 1. The molecule has 0 amide bonds. The van der Waals surface area contributed by atoms with Gasteiger partial charge in [-0.2, -0.15) is 0 Å². The van der Waals surface area contributed by atoms with Crippen molar-refractivity contribution in [1.82, 2.24) is 5.32 Å². The minimum atomic E-state index is -0.209. The van der Waals surface area contributed by atoms with E-state index in [1.165, 1.54) is 6.07 Å². The van der Waals surface area contributed by atoms with Gasteiger partial charge in [-0.1, -0.05) is 28.9 Å². The Labute approximate surface area is 133 Å². The largest absolute Gasteiger partial charge is 0.497 e. The molecule has 0 aliphatic heterocycles. The van der Waals surface area contributed by atoms with Crippen molar-refractivity contribution in [3.8, 4) is 5.75 Å². The summed E-state index contributed by atoms with van der Waals surface area (Å²) >= 11 is 3.42. The van der Waals surface area contributed by atoms with Crippen LogP contribution in [-0.4, -0.2) is 13.7 Å². The Morgan fingerprint density at radius 3 is 2.57 bits per heavy atom. The lowest BCUT2D eigenvalue weighted by atomic mass is 9.94. The van der Waals surface area contributed by atoms with Gasteiger partial charge in [0.15, 0.2) is 0 Å². The van der Waals surface area contributed by atoms with Gasteiger partial charge in [-0.15, -0.1) is 0 Å². The van der Waals surface area contributed by atoms with Gasteiger partial charge in [0.25, 0.3) is 0 Å². The van der Waals surface area contributed by atoms with Gasteiger partial charge in [0.05, 0.1) is 13.2 Å². The fourth-order valence-corrected chi connectivity index (χ4v) is 2.81. The molecule has 0 fully saturated rings. The van der Waals surface area contributed by atoms with E-state index in [0.29, 0.717) is 5.56 Å². The van der Waals surface area contributed by atoms with E-state index in [4.69, 9.17) is 4.74 Å². The van der Waals surface area contributed by atoms with Crippen LogP contribution in [0.4, 0.5) is 4.39 Å². The minimum absolute atomic E-state index is 0.182. The summed E-state index contributed by atoms with van der Waals surface area (Å²) in [5.41, 5.74) is 2.76. The summed E-state index contributed by atoms with van der Waals surface area (Å²) in [6.07, 6.45) is 0. The minimum Gasteiger partial charge on any atom is -0.497 e. The Balaban J connectivity index is 2.50. The summed E-state index contributed by atoms with van der Waals surface area (Å²) in [7, 11) is 1.64. The second-order valence-corrected chi connectivity index (χ2v) is 5.79. The van der Waals surface area contributed by atoms with E-state index in [1.807, 2.05) is 38.1 Å². The van der Waals surface area contributed by atoms with Crippen LogP contribution in [0.3, 0.4) is 0 Å². The zero-order chi connectivity index (χ0) is 15.4. The highest BCUT2D eigenvalue weighted by Crippen LogP contribution is 2.30. The van der Waals surface area contributed by atoms with Crippen molar-refractivity contribution in [1.29, 1.82) is 0 Å². The first-order valence-corrected chi connectivity index (χ1v) is 7.69. The predicted octanol–water partition coefficient (Wildman–Crippen LogP) is 4.60. The molecule has 1 N–H and O–H groups in total. The highest BCUT2D eigenvalue weighted by Gasteiger charge is 2.19. The highest BCUT2D eigenvalue weighted by molar-refractivity contribution is 9.10. The van der Waals surface area contributed by atoms with Gasteiger partial charge < -0.3 is 10.1 Å². The van der Waals surface area contributed by atoms with Crippen LogP contribution in [0.1, 0.15) is 29.7 Å². The molecular weight excluding hydrogens is 333 g/mol. The average Bonchev–Trinajstić information content (AvgIpc) is 2.48. The number of hydrogen-bond donors (Lipinski definition) is 1. The van der Waals surface area contributed by atoms with Gasteiger partial charge in [0.2, 0.25) is 0 Å². The van der Waals surface area contributed by atoms with Crippen LogP contribution in [0.15, 0.2) is 40.9 Å². The molecule has 0 heterocycles. The lowest BCUT2D eigenvalue weighted by Gasteiger charge is -2.22. The first-order chi connectivity index (χ1) is 10.1. The molecule has 0 saturated heterocycles. The summed E-state index contributed by atoms with van der Waals surface area (Å²) in [5.74, 6) is 0.598. The van der Waals surface area contributed by atoms with E-state index in [9.17, 15) is 4.39 Å². The van der Waals surface area contributed by atoms with E-state index >= 15 is 0 Å². The van der Waals surface area contributed by atoms with Crippen LogP contribution in [0.5, 0.6) is 5.75 Å². The van der Waals surface area contributed by atoms with Crippen molar-refractivity contribution in [3.05, 3.63) is 63.4 Å². The van der Waals surface area contributed by atoms with Crippen molar-refractivity contribution in [3.63, 3.8) is 0 Å². The molecule has 4 heteroatoms. The number of rotatable bonds is 5. The first kappa shape index (κ1) is 16.0. The Hall–Kier alpha value is -1.39. The standard InChI is InChI=1S/C17H19BrFNO/c1-4-20-17(15-10-12(18)5-8-16(15)19)14-7-6-13(21-3)9-11(14)2/h5-10,17,20H,4H2,1-3H3. The summed E-state index contributed by atoms with van der Waals surface area (Å²) in [6.45, 7) is 4.78. The molecule has 21 heavy (non-hydrogen) atoms. The zero-order valence-corrected chi connectivity index (χ0v) is 14.0. The highest BCUT2D eigenvalue weighted by atomic mass is 79.9. The van der Waals surface area contributed by atoms with E-state index in [1.54, 1.807) is 13.2 Å². The summed E-state index contributed by atoms with van der Waals surface area (Å²) in [6, 6.07) is 10.7. The van der Waals surface area contributed by atoms with Crippen LogP contribution in [0.25, 0.3) is 0 Å². The third-order valence-electron chi connectivity index (χ3n) is 3.47. The van der Waals surface area contributed by atoms with Gasteiger partial charge in [0, 0.05) is 10.0 Å². The number of aryl methyl sites for hydroxylation is 1. The molecule has 1 unspecified atom stereocenters. The summed E-state index contributed by atoms with van der Waals surface area (Å²) < 4.78 is 20.3. The lowest BCUT2D eigenvalue weighted by Crippen LogP contribution is -2.23. The molecule has 112 valence electrons. The van der Waals surface area contributed by atoms with Gasteiger partial charge >= 0.3 is 0 Å². The van der Waals surface area contributed by atoms with Crippen molar-refractivity contribution in [2.45, 2.75) is 19.9 Å². The summed E-state index contributed by atoms with van der Waals surface area (Å²) in [4.78, 5) is 0. The predicted molar refractivity (Wildman–Crippen MR) is 87.4 cm³/mol. The number of hydrogen-bond acceptors (Lipinski definition) is 2. The Kier molecular flexibility index (Phi) is 5.37. The average molecular weight is 352 g/mol. The first-order valence-electron chi connectivity index (χ1n) is 6.89. The van der Waals surface area contributed by atoms with Crippen LogP contribution in [0, 0.1) is 12.7 Å². The van der Waals surface area contributed by atoms with E-state index in [0.717, 1.165) is 27.9 Å². The summed E-state index contributed by atoms with van der Waals surface area (Å²) in [5, 5.41) is 3.36. The fraction of sp³-hybridized carbons (Fsp3) is 0.294. The molecule has 0 aromatic heterocycles. The van der Waals surface area contributed by atoms with Gasteiger partial charge in [-0.25, -0.2) is 4.39 Å².